The Morgan fingerprint density at radius 2 is 1.96 bits per heavy atom. The molecule has 1 aliphatic heterocycles. The summed E-state index contributed by atoms with van der Waals surface area (Å²) in [6.07, 6.45) is 0. The zero-order valence-corrected chi connectivity index (χ0v) is 13.2. The molecule has 120 valence electrons. The number of rotatable bonds is 5. The molecule has 0 radical (unpaired) electrons. The van der Waals surface area contributed by atoms with Crippen LogP contribution in [-0.2, 0) is 6.61 Å². The van der Waals surface area contributed by atoms with E-state index in [-0.39, 0.29) is 6.61 Å². The van der Waals surface area contributed by atoms with Gasteiger partial charge in [-0.3, -0.25) is 0 Å². The zero-order chi connectivity index (χ0) is 16.1. The van der Waals surface area contributed by atoms with Crippen molar-refractivity contribution in [2.24, 2.45) is 0 Å². The second-order valence-electron chi connectivity index (χ2n) is 5.40. The first-order chi connectivity index (χ1) is 11.3. The first kappa shape index (κ1) is 15.4. The molecule has 0 atom stereocenters. The molecule has 6 heteroatoms. The molecule has 2 aromatic rings. The Labute approximate surface area is 135 Å². The Bertz CT molecular complexity index is 670. The zero-order valence-electron chi connectivity index (χ0n) is 13.2. The van der Waals surface area contributed by atoms with Crippen LogP contribution in [0.2, 0.25) is 0 Å². The van der Waals surface area contributed by atoms with Gasteiger partial charge in [0, 0.05) is 26.2 Å². The van der Waals surface area contributed by atoms with Crippen molar-refractivity contribution in [3.05, 3.63) is 41.9 Å². The van der Waals surface area contributed by atoms with Gasteiger partial charge in [-0.15, -0.1) is 0 Å². The summed E-state index contributed by atoms with van der Waals surface area (Å²) in [6.45, 7) is 7.05. The Morgan fingerprint density at radius 3 is 2.61 bits per heavy atom. The molecule has 1 aliphatic rings. The fourth-order valence-corrected chi connectivity index (χ4v) is 2.63. The van der Waals surface area contributed by atoms with Gasteiger partial charge in [-0.05, 0) is 18.7 Å². The molecule has 1 fully saturated rings. The summed E-state index contributed by atoms with van der Waals surface area (Å²) < 4.78 is 11.4. The van der Waals surface area contributed by atoms with Crippen molar-refractivity contribution in [1.82, 2.24) is 9.88 Å². The average Bonchev–Trinajstić information content (AvgIpc) is 3.04. The Kier molecular flexibility index (Phi) is 4.79. The number of para-hydroxylation sites is 1. The quantitative estimate of drug-likeness (QED) is 0.844. The monoisotopic (exact) mass is 312 g/mol. The molecule has 0 spiro atoms. The number of ether oxygens (including phenoxy) is 1. The molecule has 1 aromatic carbocycles. The molecular formula is C17H20N4O2. The van der Waals surface area contributed by atoms with Crippen LogP contribution in [-0.4, -0.2) is 42.6 Å². The highest BCUT2D eigenvalue weighted by atomic mass is 16.5. The third kappa shape index (κ3) is 3.63. The summed E-state index contributed by atoms with van der Waals surface area (Å²) in [5, 5.41) is 9.30. The fraction of sp³-hybridized carbons (Fsp3) is 0.412. The SMILES string of the molecule is CCN1CCN(c2oc(COc3ccccc3)nc2C#N)CC1. The molecule has 0 amide bonds. The van der Waals surface area contributed by atoms with Gasteiger partial charge in [-0.2, -0.15) is 10.2 Å². The van der Waals surface area contributed by atoms with E-state index in [1.54, 1.807) is 0 Å². The van der Waals surface area contributed by atoms with Gasteiger partial charge in [-0.25, -0.2) is 0 Å². The van der Waals surface area contributed by atoms with E-state index < -0.39 is 0 Å². The summed E-state index contributed by atoms with van der Waals surface area (Å²) in [7, 11) is 0. The van der Waals surface area contributed by atoms with E-state index in [0.29, 0.717) is 17.5 Å². The van der Waals surface area contributed by atoms with E-state index >= 15 is 0 Å². The van der Waals surface area contributed by atoms with Gasteiger partial charge >= 0.3 is 0 Å². The maximum absolute atomic E-state index is 9.30. The number of hydrogen-bond acceptors (Lipinski definition) is 6. The molecule has 0 unspecified atom stereocenters. The third-order valence-corrected chi connectivity index (χ3v) is 3.97. The lowest BCUT2D eigenvalue weighted by Crippen LogP contribution is -2.46. The number of piperazine rings is 1. The molecule has 1 aromatic heterocycles. The number of benzene rings is 1. The molecule has 23 heavy (non-hydrogen) atoms. The largest absolute Gasteiger partial charge is 0.484 e. The average molecular weight is 312 g/mol. The number of likely N-dealkylation sites (N-methyl/N-ethyl adjacent to an activating group) is 1. The number of nitriles is 1. The third-order valence-electron chi connectivity index (χ3n) is 3.97. The number of oxazole rings is 1. The van der Waals surface area contributed by atoms with Crippen molar-refractivity contribution < 1.29 is 9.15 Å². The molecular weight excluding hydrogens is 292 g/mol. The number of nitrogens with zero attached hydrogens (tertiary/aromatic N) is 4. The van der Waals surface area contributed by atoms with Gasteiger partial charge < -0.3 is 19.0 Å². The first-order valence-electron chi connectivity index (χ1n) is 7.85. The predicted molar refractivity (Wildman–Crippen MR) is 86.3 cm³/mol. The van der Waals surface area contributed by atoms with Crippen LogP contribution < -0.4 is 9.64 Å². The van der Waals surface area contributed by atoms with Gasteiger partial charge in [0.1, 0.15) is 11.8 Å². The summed E-state index contributed by atoms with van der Waals surface area (Å²) >= 11 is 0. The van der Waals surface area contributed by atoms with E-state index in [1.165, 1.54) is 0 Å². The minimum absolute atomic E-state index is 0.216. The van der Waals surface area contributed by atoms with Gasteiger partial charge in [0.2, 0.25) is 17.5 Å². The van der Waals surface area contributed by atoms with Crippen LogP contribution in [0.3, 0.4) is 0 Å². The molecule has 0 aliphatic carbocycles. The van der Waals surface area contributed by atoms with Crippen molar-refractivity contribution in [2.45, 2.75) is 13.5 Å². The summed E-state index contributed by atoms with van der Waals surface area (Å²) in [4.78, 5) is 8.71. The smallest absolute Gasteiger partial charge is 0.236 e. The summed E-state index contributed by atoms with van der Waals surface area (Å²) in [6, 6.07) is 11.6. The van der Waals surface area contributed by atoms with Crippen molar-refractivity contribution in [1.29, 1.82) is 5.26 Å². The summed E-state index contributed by atoms with van der Waals surface area (Å²) in [5.74, 6) is 1.75. The van der Waals surface area contributed by atoms with Crippen LogP contribution in [0.4, 0.5) is 5.88 Å². The van der Waals surface area contributed by atoms with E-state index in [0.717, 1.165) is 38.5 Å². The van der Waals surface area contributed by atoms with E-state index in [4.69, 9.17) is 9.15 Å². The van der Waals surface area contributed by atoms with Gasteiger partial charge in [0.25, 0.3) is 0 Å². The second-order valence-corrected chi connectivity index (χ2v) is 5.40. The van der Waals surface area contributed by atoms with E-state index in [1.807, 2.05) is 30.3 Å². The topological polar surface area (TPSA) is 65.5 Å². The minimum atomic E-state index is 0.216. The van der Waals surface area contributed by atoms with Crippen molar-refractivity contribution in [3.8, 4) is 11.8 Å². The lowest BCUT2D eigenvalue weighted by Gasteiger charge is -2.33. The number of hydrogen-bond donors (Lipinski definition) is 0. The molecule has 1 saturated heterocycles. The van der Waals surface area contributed by atoms with Gasteiger partial charge in [0.05, 0.1) is 0 Å². The first-order valence-corrected chi connectivity index (χ1v) is 7.85. The van der Waals surface area contributed by atoms with E-state index in [2.05, 4.69) is 27.8 Å². The lowest BCUT2D eigenvalue weighted by molar-refractivity contribution is 0.252. The predicted octanol–water partition coefficient (Wildman–Crippen LogP) is 2.27. The maximum atomic E-state index is 9.30. The molecule has 0 saturated carbocycles. The Hall–Kier alpha value is -2.52. The van der Waals surface area contributed by atoms with Gasteiger partial charge in [-0.1, -0.05) is 25.1 Å². The second kappa shape index (κ2) is 7.16. The Balaban J connectivity index is 1.67. The number of anilines is 1. The van der Waals surface area contributed by atoms with Crippen LogP contribution in [0.1, 0.15) is 18.5 Å². The van der Waals surface area contributed by atoms with Crippen molar-refractivity contribution in [2.75, 3.05) is 37.6 Å². The minimum Gasteiger partial charge on any atom is -0.484 e. The summed E-state index contributed by atoms with van der Waals surface area (Å²) in [5.41, 5.74) is 0.335. The van der Waals surface area contributed by atoms with Gasteiger partial charge in [0.15, 0.2) is 6.61 Å². The molecule has 2 heterocycles. The van der Waals surface area contributed by atoms with Crippen LogP contribution >= 0.6 is 0 Å². The van der Waals surface area contributed by atoms with Crippen LogP contribution in [0.25, 0.3) is 0 Å². The standard InChI is InChI=1S/C17H20N4O2/c1-2-20-8-10-21(11-9-20)17-15(12-18)19-16(23-17)13-22-14-6-4-3-5-7-14/h3-7H,2,8-11,13H2,1H3. The van der Waals surface area contributed by atoms with E-state index in [9.17, 15) is 5.26 Å². The van der Waals surface area contributed by atoms with Crippen molar-refractivity contribution in [3.63, 3.8) is 0 Å². The van der Waals surface area contributed by atoms with Crippen LogP contribution in [0.5, 0.6) is 5.75 Å². The molecule has 6 nitrogen and oxygen atoms in total. The number of aromatic nitrogens is 1. The molecule has 0 bridgehead atoms. The Morgan fingerprint density at radius 1 is 1.22 bits per heavy atom. The fourth-order valence-electron chi connectivity index (χ4n) is 2.63. The molecule has 3 rings (SSSR count). The highest BCUT2D eigenvalue weighted by Crippen LogP contribution is 2.24. The van der Waals surface area contributed by atoms with Crippen LogP contribution in [0.15, 0.2) is 34.7 Å². The van der Waals surface area contributed by atoms with Crippen LogP contribution in [0, 0.1) is 11.3 Å². The maximum Gasteiger partial charge on any atom is 0.236 e. The normalized spacial score (nSPS) is 15.4. The highest BCUT2D eigenvalue weighted by molar-refractivity contribution is 5.48. The highest BCUT2D eigenvalue weighted by Gasteiger charge is 2.23. The lowest BCUT2D eigenvalue weighted by atomic mass is 10.3. The molecule has 0 N–H and O–H groups in total. The van der Waals surface area contributed by atoms with Crippen molar-refractivity contribution >= 4 is 5.88 Å².